The number of benzene rings is 4. The molecule has 0 unspecified atom stereocenters. The Hall–Kier alpha value is -6.42. The molecule has 0 N–H and O–H groups in total. The zero-order valence-electron chi connectivity index (χ0n) is 25.7. The van der Waals surface area contributed by atoms with Gasteiger partial charge in [0.25, 0.3) is 17.4 Å². The van der Waals surface area contributed by atoms with Crippen molar-refractivity contribution < 1.29 is 28.7 Å². The summed E-state index contributed by atoms with van der Waals surface area (Å²) in [5.41, 5.74) is 2.15. The highest BCUT2D eigenvalue weighted by atomic mass is 16.5. The normalized spacial score (nSPS) is 15.4. The Morgan fingerprint density at radius 3 is 1.92 bits per heavy atom. The number of Topliss-reactive ketones (excluding diaryl/α,β-unsaturated/α-hetero) is 2. The highest BCUT2D eigenvalue weighted by Crippen LogP contribution is 2.46. The number of imide groups is 1. The Labute approximate surface area is 273 Å². The first-order valence-corrected chi connectivity index (χ1v) is 15.2. The fraction of sp³-hybridized carbons (Fsp3) is 0.105. The zero-order valence-corrected chi connectivity index (χ0v) is 25.7. The number of para-hydroxylation sites is 2. The van der Waals surface area contributed by atoms with Gasteiger partial charge in [-0.05, 0) is 66.1 Å². The van der Waals surface area contributed by atoms with E-state index in [1.54, 1.807) is 66.7 Å². The van der Waals surface area contributed by atoms with Crippen LogP contribution >= 0.6 is 0 Å². The number of ketones is 2. The monoisotopic (exact) mass is 635 g/mol. The fourth-order valence-corrected chi connectivity index (χ4v) is 6.69. The van der Waals surface area contributed by atoms with Gasteiger partial charge in [-0.3, -0.25) is 28.5 Å². The lowest BCUT2D eigenvalue weighted by Gasteiger charge is -2.21. The molecule has 0 radical (unpaired) electrons. The summed E-state index contributed by atoms with van der Waals surface area (Å²) >= 11 is 0. The van der Waals surface area contributed by atoms with Crippen molar-refractivity contribution in [3.63, 3.8) is 0 Å². The van der Waals surface area contributed by atoms with Crippen molar-refractivity contribution in [1.82, 2.24) is 9.55 Å². The van der Waals surface area contributed by atoms with E-state index >= 15 is 0 Å². The van der Waals surface area contributed by atoms with Crippen molar-refractivity contribution >= 4 is 45.5 Å². The number of carbonyl (C=O) groups excluding carboxylic acids is 4. The van der Waals surface area contributed by atoms with E-state index in [9.17, 15) is 24.0 Å². The number of nitrogens with zero attached hydrogens (tertiary/aromatic N) is 3. The van der Waals surface area contributed by atoms with Crippen LogP contribution in [0, 0.1) is 0 Å². The molecule has 10 nitrogen and oxygen atoms in total. The van der Waals surface area contributed by atoms with Crippen LogP contribution < -0.4 is 19.9 Å². The molecule has 8 rings (SSSR count). The summed E-state index contributed by atoms with van der Waals surface area (Å²) in [6.07, 6.45) is 6.62. The van der Waals surface area contributed by atoms with E-state index in [1.807, 2.05) is 18.2 Å². The number of hydrogen-bond acceptors (Lipinski definition) is 8. The SMILES string of the molecule is COc1cc(C2=CC=CC2)cc(OC)c1N1C(=O)c2cc3c(cc2C1=O)C(=O)C(c1nc2ccccc2c(=O)n1-c1ccccc1)C3=O. The van der Waals surface area contributed by atoms with Gasteiger partial charge in [0.15, 0.2) is 11.6 Å². The maximum atomic E-state index is 14.1. The van der Waals surface area contributed by atoms with Crippen molar-refractivity contribution in [1.29, 1.82) is 0 Å². The van der Waals surface area contributed by atoms with Crippen LogP contribution in [0.15, 0.2) is 102 Å². The molecule has 0 bridgehead atoms. The molecular weight excluding hydrogens is 610 g/mol. The third-order valence-electron chi connectivity index (χ3n) is 9.00. The summed E-state index contributed by atoms with van der Waals surface area (Å²) in [6.45, 7) is 0. The smallest absolute Gasteiger partial charge is 0.266 e. The molecule has 0 saturated heterocycles. The Morgan fingerprint density at radius 1 is 0.729 bits per heavy atom. The lowest BCUT2D eigenvalue weighted by Crippen LogP contribution is -2.30. The molecule has 234 valence electrons. The van der Waals surface area contributed by atoms with Crippen LogP contribution in [-0.4, -0.2) is 47.2 Å². The van der Waals surface area contributed by atoms with Crippen LogP contribution in [0.3, 0.4) is 0 Å². The number of aromatic nitrogens is 2. The van der Waals surface area contributed by atoms with Crippen LogP contribution in [0.4, 0.5) is 5.69 Å². The molecule has 3 aliphatic rings. The molecule has 0 fully saturated rings. The van der Waals surface area contributed by atoms with Gasteiger partial charge >= 0.3 is 0 Å². The topological polar surface area (TPSA) is 125 Å². The van der Waals surface area contributed by atoms with Gasteiger partial charge < -0.3 is 9.47 Å². The van der Waals surface area contributed by atoms with Crippen LogP contribution in [0.1, 0.15) is 65.2 Å². The number of hydrogen-bond donors (Lipinski definition) is 0. The average Bonchev–Trinajstić information content (AvgIpc) is 3.80. The largest absolute Gasteiger partial charge is 0.494 e. The number of methoxy groups -OCH3 is 2. The molecule has 5 aromatic rings. The molecule has 48 heavy (non-hydrogen) atoms. The summed E-state index contributed by atoms with van der Waals surface area (Å²) in [5.74, 6) is -3.66. The number of amides is 2. The van der Waals surface area contributed by atoms with Crippen molar-refractivity contribution in [2.75, 3.05) is 19.1 Å². The minimum Gasteiger partial charge on any atom is -0.494 e. The highest BCUT2D eigenvalue weighted by Gasteiger charge is 2.47. The van der Waals surface area contributed by atoms with Gasteiger partial charge in [-0.1, -0.05) is 48.6 Å². The van der Waals surface area contributed by atoms with Crippen LogP contribution in [0.2, 0.25) is 0 Å². The molecular formula is C38H25N3O7. The second-order valence-corrected chi connectivity index (χ2v) is 11.6. The molecule has 0 atom stereocenters. The second-order valence-electron chi connectivity index (χ2n) is 11.6. The first kappa shape index (κ1) is 29.0. The van der Waals surface area contributed by atoms with Gasteiger partial charge in [0.05, 0.1) is 41.9 Å². The van der Waals surface area contributed by atoms with Crippen LogP contribution in [-0.2, 0) is 0 Å². The van der Waals surface area contributed by atoms with Gasteiger partial charge in [0.2, 0.25) is 0 Å². The van der Waals surface area contributed by atoms with E-state index in [0.29, 0.717) is 23.0 Å². The van der Waals surface area contributed by atoms with E-state index in [1.165, 1.54) is 30.9 Å². The lowest BCUT2D eigenvalue weighted by molar-refractivity contribution is 0.0881. The number of anilines is 1. The average molecular weight is 636 g/mol. The first-order valence-electron chi connectivity index (χ1n) is 15.2. The molecule has 1 aromatic heterocycles. The number of carbonyl (C=O) groups is 4. The summed E-state index contributed by atoms with van der Waals surface area (Å²) in [6, 6.07) is 21.4. The van der Waals surface area contributed by atoms with Crippen LogP contribution in [0.25, 0.3) is 22.2 Å². The molecule has 4 aromatic carbocycles. The lowest BCUT2D eigenvalue weighted by atomic mass is 10.0. The third kappa shape index (κ3) is 4.12. The van der Waals surface area contributed by atoms with Crippen molar-refractivity contribution in [2.24, 2.45) is 0 Å². The van der Waals surface area contributed by atoms with Crippen molar-refractivity contribution in [3.8, 4) is 17.2 Å². The molecule has 2 heterocycles. The molecule has 0 saturated carbocycles. The Kier molecular flexibility index (Phi) is 6.55. The maximum absolute atomic E-state index is 14.1. The fourth-order valence-electron chi connectivity index (χ4n) is 6.69. The van der Waals surface area contributed by atoms with Crippen molar-refractivity contribution in [3.05, 3.63) is 141 Å². The minimum absolute atomic E-state index is 0.0243. The minimum atomic E-state index is -1.46. The van der Waals surface area contributed by atoms with E-state index in [-0.39, 0.29) is 45.3 Å². The summed E-state index contributed by atoms with van der Waals surface area (Å²) in [7, 11) is 2.87. The van der Waals surface area contributed by atoms with E-state index in [0.717, 1.165) is 16.0 Å². The molecule has 1 aliphatic heterocycles. The number of rotatable bonds is 6. The van der Waals surface area contributed by atoms with Gasteiger partial charge in [0.1, 0.15) is 28.9 Å². The summed E-state index contributed by atoms with van der Waals surface area (Å²) in [5, 5.41) is 0.325. The molecule has 2 aliphatic carbocycles. The van der Waals surface area contributed by atoms with Crippen LogP contribution in [0.5, 0.6) is 11.5 Å². The standard InChI is InChI=1S/C38H25N3O7/c1-47-29-16-21(20-10-6-7-11-20)17-30(48-2)32(29)41-37(45)26-18-24-25(19-27(26)38(41)46)34(43)31(33(24)42)35-39-28-15-9-8-14-23(28)36(44)40(35)22-12-4-3-5-13-22/h3-10,12-19,31H,11H2,1-2H3. The number of fused-ring (bicyclic) bond motifs is 3. The number of ether oxygens (including phenoxy) is 2. The predicted octanol–water partition coefficient (Wildman–Crippen LogP) is 5.71. The van der Waals surface area contributed by atoms with Gasteiger partial charge in [-0.25, -0.2) is 9.88 Å². The Balaban J connectivity index is 1.23. The molecule has 10 heteroatoms. The van der Waals surface area contributed by atoms with Crippen molar-refractivity contribution in [2.45, 2.75) is 12.3 Å². The van der Waals surface area contributed by atoms with Gasteiger partial charge in [0, 0.05) is 11.1 Å². The summed E-state index contributed by atoms with van der Waals surface area (Å²) < 4.78 is 12.6. The Bertz CT molecular complexity index is 2330. The van der Waals surface area contributed by atoms with Gasteiger partial charge in [-0.2, -0.15) is 0 Å². The Morgan fingerprint density at radius 2 is 1.33 bits per heavy atom. The number of allylic oxidation sites excluding steroid dienone is 4. The second kappa shape index (κ2) is 10.8. The van der Waals surface area contributed by atoms with E-state index < -0.39 is 34.9 Å². The van der Waals surface area contributed by atoms with E-state index in [2.05, 4.69) is 4.98 Å². The summed E-state index contributed by atoms with van der Waals surface area (Å²) in [4.78, 5) is 75.6. The first-order chi connectivity index (χ1) is 23.3. The van der Waals surface area contributed by atoms with Gasteiger partial charge in [-0.15, -0.1) is 0 Å². The van der Waals surface area contributed by atoms with E-state index in [4.69, 9.17) is 9.47 Å². The highest BCUT2D eigenvalue weighted by molar-refractivity contribution is 6.38. The zero-order chi connectivity index (χ0) is 33.3. The third-order valence-corrected chi connectivity index (χ3v) is 9.00. The maximum Gasteiger partial charge on any atom is 0.266 e. The molecule has 0 spiro atoms. The predicted molar refractivity (Wildman–Crippen MR) is 178 cm³/mol. The molecule has 2 amide bonds. The quantitative estimate of drug-likeness (QED) is 0.172.